The predicted octanol–water partition coefficient (Wildman–Crippen LogP) is 2.80. The third-order valence-corrected chi connectivity index (χ3v) is 6.75. The lowest BCUT2D eigenvalue weighted by Gasteiger charge is -2.27. The largest absolute Gasteiger partial charge is 0.483 e. The molecule has 1 fully saturated rings. The minimum Gasteiger partial charge on any atom is -0.483 e. The molecular formula is C20H25NO5S. The number of sulfone groups is 1. The fourth-order valence-electron chi connectivity index (χ4n) is 3.28. The molecule has 0 radical (unpaired) electrons. The Bertz CT molecular complexity index is 932. The minimum atomic E-state index is -3.11. The van der Waals surface area contributed by atoms with Gasteiger partial charge in [-0.2, -0.15) is 0 Å². The number of hydrogen-bond donors (Lipinski definition) is 0. The van der Waals surface area contributed by atoms with E-state index in [0.717, 1.165) is 16.9 Å². The quantitative estimate of drug-likeness (QED) is 0.757. The lowest BCUT2D eigenvalue weighted by Crippen LogP contribution is -2.43. The second-order valence-electron chi connectivity index (χ2n) is 7.08. The van der Waals surface area contributed by atoms with E-state index in [1.54, 1.807) is 4.90 Å². The molecule has 1 aliphatic rings. The molecular weight excluding hydrogens is 366 g/mol. The van der Waals surface area contributed by atoms with Crippen molar-refractivity contribution in [2.24, 2.45) is 0 Å². The molecule has 2 heterocycles. The van der Waals surface area contributed by atoms with Crippen molar-refractivity contribution < 1.29 is 22.4 Å². The molecule has 3 rings (SSSR count). The zero-order chi connectivity index (χ0) is 19.6. The van der Waals surface area contributed by atoms with Gasteiger partial charge in [0, 0.05) is 6.04 Å². The number of benzene rings is 1. The number of aryl methyl sites for hydroxylation is 2. The van der Waals surface area contributed by atoms with Crippen LogP contribution in [0.25, 0.3) is 0 Å². The number of amides is 1. The van der Waals surface area contributed by atoms with Gasteiger partial charge in [-0.05, 0) is 56.5 Å². The summed E-state index contributed by atoms with van der Waals surface area (Å²) in [5.74, 6) is 1.90. The molecule has 1 aromatic carbocycles. The monoisotopic (exact) mass is 391 g/mol. The van der Waals surface area contributed by atoms with E-state index >= 15 is 0 Å². The van der Waals surface area contributed by atoms with Gasteiger partial charge in [-0.3, -0.25) is 4.79 Å². The number of carbonyl (C=O) groups is 1. The van der Waals surface area contributed by atoms with Crippen LogP contribution < -0.4 is 4.74 Å². The third-order valence-electron chi connectivity index (χ3n) is 5.00. The highest BCUT2D eigenvalue weighted by Gasteiger charge is 2.35. The molecule has 0 N–H and O–H groups in total. The molecule has 1 aromatic heterocycles. The zero-order valence-corrected chi connectivity index (χ0v) is 16.7. The molecule has 1 atom stereocenters. The Kier molecular flexibility index (Phi) is 5.60. The van der Waals surface area contributed by atoms with Crippen molar-refractivity contribution in [1.29, 1.82) is 0 Å². The van der Waals surface area contributed by atoms with Crippen LogP contribution in [0.15, 0.2) is 34.7 Å². The van der Waals surface area contributed by atoms with Crippen LogP contribution in [0.5, 0.6) is 5.75 Å². The Hall–Kier alpha value is -2.28. The molecule has 0 saturated carbocycles. The van der Waals surface area contributed by atoms with Crippen LogP contribution in [0.4, 0.5) is 0 Å². The number of ether oxygens (including phenoxy) is 1. The van der Waals surface area contributed by atoms with Crippen molar-refractivity contribution in [3.05, 3.63) is 53.0 Å². The molecule has 1 aliphatic heterocycles. The fraction of sp³-hybridized carbons (Fsp3) is 0.450. The maximum Gasteiger partial charge on any atom is 0.261 e. The van der Waals surface area contributed by atoms with Gasteiger partial charge in [0.1, 0.15) is 17.3 Å². The summed E-state index contributed by atoms with van der Waals surface area (Å²) in [6.07, 6.45) is 0.442. The van der Waals surface area contributed by atoms with Gasteiger partial charge >= 0.3 is 0 Å². The van der Waals surface area contributed by atoms with Crippen LogP contribution in [0.1, 0.15) is 29.1 Å². The number of rotatable bonds is 6. The van der Waals surface area contributed by atoms with E-state index in [1.807, 2.05) is 51.1 Å². The Morgan fingerprint density at radius 1 is 1.22 bits per heavy atom. The average Bonchev–Trinajstić information content (AvgIpc) is 3.18. The highest BCUT2D eigenvalue weighted by atomic mass is 32.2. The molecule has 0 unspecified atom stereocenters. The molecule has 27 heavy (non-hydrogen) atoms. The van der Waals surface area contributed by atoms with Crippen LogP contribution in [0.2, 0.25) is 0 Å². The maximum absolute atomic E-state index is 12.9. The van der Waals surface area contributed by atoms with Crippen LogP contribution in [0.3, 0.4) is 0 Å². The lowest BCUT2D eigenvalue weighted by atomic mass is 10.1. The standard InChI is InChI=1S/C20H25NO5S/c1-14-5-4-6-19(16(14)3)25-12-20(22)21(11-18-8-7-15(2)26-18)17-9-10-27(23,24)13-17/h4-8,17H,9-13H2,1-3H3/t17-/m0/s1. The van der Waals surface area contributed by atoms with E-state index in [4.69, 9.17) is 9.15 Å². The van der Waals surface area contributed by atoms with E-state index < -0.39 is 9.84 Å². The molecule has 1 amide bonds. The van der Waals surface area contributed by atoms with Crippen LogP contribution in [-0.4, -0.2) is 43.4 Å². The van der Waals surface area contributed by atoms with E-state index in [-0.39, 0.29) is 36.6 Å². The van der Waals surface area contributed by atoms with E-state index in [1.165, 1.54) is 0 Å². The first-order valence-electron chi connectivity index (χ1n) is 8.99. The first-order valence-corrected chi connectivity index (χ1v) is 10.8. The Morgan fingerprint density at radius 2 is 2.00 bits per heavy atom. The maximum atomic E-state index is 12.9. The van der Waals surface area contributed by atoms with Gasteiger partial charge in [0.2, 0.25) is 0 Å². The van der Waals surface area contributed by atoms with Gasteiger partial charge in [0.25, 0.3) is 5.91 Å². The second kappa shape index (κ2) is 7.76. The Labute approximate surface area is 160 Å². The summed E-state index contributed by atoms with van der Waals surface area (Å²) in [5.41, 5.74) is 2.08. The summed E-state index contributed by atoms with van der Waals surface area (Å²) in [5, 5.41) is 0. The molecule has 7 heteroatoms. The average molecular weight is 391 g/mol. The van der Waals surface area contributed by atoms with Crippen molar-refractivity contribution in [3.63, 3.8) is 0 Å². The molecule has 0 spiro atoms. The van der Waals surface area contributed by atoms with Crippen molar-refractivity contribution in [1.82, 2.24) is 4.90 Å². The van der Waals surface area contributed by atoms with Crippen LogP contribution in [0, 0.1) is 20.8 Å². The van der Waals surface area contributed by atoms with Crippen LogP contribution in [-0.2, 0) is 21.2 Å². The summed E-state index contributed by atoms with van der Waals surface area (Å²) in [6.45, 7) is 5.86. The summed E-state index contributed by atoms with van der Waals surface area (Å²) < 4.78 is 35.1. The van der Waals surface area contributed by atoms with Crippen molar-refractivity contribution in [2.45, 2.75) is 39.8 Å². The number of nitrogens with zero attached hydrogens (tertiary/aromatic N) is 1. The fourth-order valence-corrected chi connectivity index (χ4v) is 5.01. The smallest absolute Gasteiger partial charge is 0.261 e. The summed E-state index contributed by atoms with van der Waals surface area (Å²) in [7, 11) is -3.11. The van der Waals surface area contributed by atoms with Gasteiger partial charge in [0.05, 0.1) is 18.1 Å². The number of carbonyl (C=O) groups excluding carboxylic acids is 1. The minimum absolute atomic E-state index is 0.0120. The topological polar surface area (TPSA) is 76.8 Å². The van der Waals surface area contributed by atoms with Crippen molar-refractivity contribution in [2.75, 3.05) is 18.1 Å². The number of furan rings is 1. The third kappa shape index (κ3) is 4.71. The molecule has 2 aromatic rings. The summed E-state index contributed by atoms with van der Waals surface area (Å²) >= 11 is 0. The Balaban J connectivity index is 1.74. The van der Waals surface area contributed by atoms with E-state index in [9.17, 15) is 13.2 Å². The van der Waals surface area contributed by atoms with Gasteiger partial charge in [-0.15, -0.1) is 0 Å². The van der Waals surface area contributed by atoms with Crippen LogP contribution >= 0.6 is 0 Å². The number of hydrogen-bond acceptors (Lipinski definition) is 5. The Morgan fingerprint density at radius 3 is 2.63 bits per heavy atom. The van der Waals surface area contributed by atoms with E-state index in [0.29, 0.717) is 17.9 Å². The molecule has 0 aliphatic carbocycles. The predicted molar refractivity (Wildman–Crippen MR) is 102 cm³/mol. The molecule has 6 nitrogen and oxygen atoms in total. The SMILES string of the molecule is Cc1ccc(CN(C(=O)COc2cccc(C)c2C)[C@H]2CCS(=O)(=O)C2)o1. The molecule has 1 saturated heterocycles. The summed E-state index contributed by atoms with van der Waals surface area (Å²) in [4.78, 5) is 14.5. The molecule has 0 bridgehead atoms. The zero-order valence-electron chi connectivity index (χ0n) is 15.9. The summed E-state index contributed by atoms with van der Waals surface area (Å²) in [6, 6.07) is 8.99. The van der Waals surface area contributed by atoms with Gasteiger partial charge < -0.3 is 14.1 Å². The van der Waals surface area contributed by atoms with Crippen molar-refractivity contribution in [3.8, 4) is 5.75 Å². The normalized spacial score (nSPS) is 18.4. The second-order valence-corrected chi connectivity index (χ2v) is 9.31. The molecule has 146 valence electrons. The highest BCUT2D eigenvalue weighted by Crippen LogP contribution is 2.23. The highest BCUT2D eigenvalue weighted by molar-refractivity contribution is 7.91. The van der Waals surface area contributed by atoms with Gasteiger partial charge in [-0.1, -0.05) is 12.1 Å². The van der Waals surface area contributed by atoms with Gasteiger partial charge in [0.15, 0.2) is 16.4 Å². The first-order chi connectivity index (χ1) is 12.7. The van der Waals surface area contributed by atoms with Gasteiger partial charge in [-0.25, -0.2) is 8.42 Å². The lowest BCUT2D eigenvalue weighted by molar-refractivity contribution is -0.136. The first kappa shape index (κ1) is 19.5. The van der Waals surface area contributed by atoms with E-state index in [2.05, 4.69) is 0 Å². The van der Waals surface area contributed by atoms with Crippen molar-refractivity contribution >= 4 is 15.7 Å².